The van der Waals surface area contributed by atoms with Crippen LogP contribution >= 0.6 is 0 Å². The van der Waals surface area contributed by atoms with Crippen molar-refractivity contribution in [3.8, 4) is 5.75 Å². The molecule has 2 aromatic heterocycles. The summed E-state index contributed by atoms with van der Waals surface area (Å²) in [6.45, 7) is 12.9. The first-order valence-electron chi connectivity index (χ1n) is 11.4. The lowest BCUT2D eigenvalue weighted by Crippen LogP contribution is -2.48. The smallest absolute Gasteiger partial charge is 0.254 e. The predicted octanol–water partition coefficient (Wildman–Crippen LogP) is 3.76. The van der Waals surface area contributed by atoms with Crippen LogP contribution in [0.25, 0.3) is 11.0 Å². The van der Waals surface area contributed by atoms with E-state index >= 15 is 0 Å². The first-order chi connectivity index (χ1) is 15.4. The number of aryl methyl sites for hydroxylation is 2. The van der Waals surface area contributed by atoms with Gasteiger partial charge in [-0.25, -0.2) is 4.98 Å². The highest BCUT2D eigenvalue weighted by Crippen LogP contribution is 2.26. The Morgan fingerprint density at radius 1 is 1.12 bits per heavy atom. The predicted molar refractivity (Wildman–Crippen MR) is 126 cm³/mol. The van der Waals surface area contributed by atoms with E-state index in [1.54, 1.807) is 4.68 Å². The summed E-state index contributed by atoms with van der Waals surface area (Å²) < 4.78 is 7.31. The molecule has 1 aliphatic rings. The van der Waals surface area contributed by atoms with Crippen LogP contribution in [0.3, 0.4) is 0 Å². The summed E-state index contributed by atoms with van der Waals surface area (Å²) in [4.78, 5) is 22.7. The second-order valence-electron chi connectivity index (χ2n) is 8.80. The van der Waals surface area contributed by atoms with E-state index in [1.807, 2.05) is 44.0 Å². The molecule has 0 aliphatic carbocycles. The van der Waals surface area contributed by atoms with Crippen LogP contribution in [0.5, 0.6) is 5.75 Å². The van der Waals surface area contributed by atoms with Crippen molar-refractivity contribution in [3.05, 3.63) is 52.8 Å². The van der Waals surface area contributed by atoms with Gasteiger partial charge in [-0.1, -0.05) is 26.0 Å². The molecule has 1 saturated heterocycles. The number of carbonyl (C=O) groups excluding carboxylic acids is 1. The van der Waals surface area contributed by atoms with E-state index in [2.05, 4.69) is 36.0 Å². The Labute approximate surface area is 190 Å². The standard InChI is InChI=1S/C25H33N5O2/c1-6-32-20-9-7-19(8-10-20)16-29-11-13-30(14-12-29)25(31)21-15-22(17(2)3)26-24-23(21)18(4)27-28(24)5/h7-10,15,17H,6,11-14,16H2,1-5H3. The largest absolute Gasteiger partial charge is 0.494 e. The first kappa shape index (κ1) is 22.3. The molecule has 1 fully saturated rings. The number of fused-ring (bicyclic) bond motifs is 1. The van der Waals surface area contributed by atoms with E-state index in [0.717, 1.165) is 66.5 Å². The molecule has 3 aromatic rings. The van der Waals surface area contributed by atoms with Crippen LogP contribution in [0.4, 0.5) is 0 Å². The summed E-state index contributed by atoms with van der Waals surface area (Å²) in [6.07, 6.45) is 0. The third-order valence-electron chi connectivity index (χ3n) is 6.11. The molecule has 0 bridgehead atoms. The molecule has 0 atom stereocenters. The van der Waals surface area contributed by atoms with Gasteiger partial charge in [0.05, 0.1) is 23.3 Å². The molecule has 0 N–H and O–H groups in total. The van der Waals surface area contributed by atoms with Gasteiger partial charge in [-0.2, -0.15) is 5.10 Å². The molecular weight excluding hydrogens is 402 g/mol. The number of benzene rings is 1. The number of ether oxygens (including phenoxy) is 1. The molecule has 7 nitrogen and oxygen atoms in total. The lowest BCUT2D eigenvalue weighted by molar-refractivity contribution is 0.0630. The molecular formula is C25H33N5O2. The zero-order valence-corrected chi connectivity index (χ0v) is 19.8. The lowest BCUT2D eigenvalue weighted by atomic mass is 10.0. The number of rotatable bonds is 6. The third kappa shape index (κ3) is 4.48. The van der Waals surface area contributed by atoms with Gasteiger partial charge in [-0.05, 0) is 43.5 Å². The van der Waals surface area contributed by atoms with Crippen LogP contribution < -0.4 is 4.74 Å². The minimum absolute atomic E-state index is 0.0797. The van der Waals surface area contributed by atoms with Crippen molar-refractivity contribution in [2.24, 2.45) is 7.05 Å². The zero-order valence-electron chi connectivity index (χ0n) is 19.8. The van der Waals surface area contributed by atoms with Gasteiger partial charge < -0.3 is 9.64 Å². The van der Waals surface area contributed by atoms with E-state index in [0.29, 0.717) is 6.61 Å². The van der Waals surface area contributed by atoms with E-state index in [-0.39, 0.29) is 11.8 Å². The summed E-state index contributed by atoms with van der Waals surface area (Å²) in [5, 5.41) is 5.40. The van der Waals surface area contributed by atoms with Crippen molar-refractivity contribution in [1.29, 1.82) is 0 Å². The molecule has 0 spiro atoms. The molecule has 4 rings (SSSR count). The van der Waals surface area contributed by atoms with Crippen molar-refractivity contribution < 1.29 is 9.53 Å². The maximum atomic E-state index is 13.5. The number of hydrogen-bond donors (Lipinski definition) is 0. The molecule has 0 radical (unpaired) electrons. The Bertz CT molecular complexity index is 1100. The van der Waals surface area contributed by atoms with Crippen LogP contribution in [-0.2, 0) is 13.6 Å². The SMILES string of the molecule is CCOc1ccc(CN2CCN(C(=O)c3cc(C(C)C)nc4c3c(C)nn4C)CC2)cc1. The Balaban J connectivity index is 1.47. The van der Waals surface area contributed by atoms with Crippen molar-refractivity contribution >= 4 is 16.9 Å². The van der Waals surface area contributed by atoms with E-state index in [1.165, 1.54) is 5.56 Å². The summed E-state index contributed by atoms with van der Waals surface area (Å²) >= 11 is 0. The van der Waals surface area contributed by atoms with Gasteiger partial charge >= 0.3 is 0 Å². The Kier molecular flexibility index (Phi) is 6.46. The summed E-state index contributed by atoms with van der Waals surface area (Å²) in [7, 11) is 1.89. The second kappa shape index (κ2) is 9.28. The summed E-state index contributed by atoms with van der Waals surface area (Å²) in [5.41, 5.74) is 4.55. The van der Waals surface area contributed by atoms with Gasteiger partial charge in [-0.15, -0.1) is 0 Å². The van der Waals surface area contributed by atoms with Gasteiger partial charge in [0, 0.05) is 45.5 Å². The maximum absolute atomic E-state index is 13.5. The molecule has 32 heavy (non-hydrogen) atoms. The van der Waals surface area contributed by atoms with Crippen LogP contribution in [0.15, 0.2) is 30.3 Å². The highest BCUT2D eigenvalue weighted by atomic mass is 16.5. The monoisotopic (exact) mass is 435 g/mol. The number of carbonyl (C=O) groups is 1. The fraction of sp³-hybridized carbons (Fsp3) is 0.480. The van der Waals surface area contributed by atoms with Gasteiger partial charge in [0.2, 0.25) is 0 Å². The van der Waals surface area contributed by atoms with Crippen LogP contribution in [0.1, 0.15) is 54.0 Å². The van der Waals surface area contributed by atoms with E-state index in [9.17, 15) is 4.79 Å². The number of amides is 1. The summed E-state index contributed by atoms with van der Waals surface area (Å²) in [5.74, 6) is 1.23. The summed E-state index contributed by atoms with van der Waals surface area (Å²) in [6, 6.07) is 10.3. The second-order valence-corrected chi connectivity index (χ2v) is 8.80. The molecule has 1 aliphatic heterocycles. The number of aromatic nitrogens is 3. The number of hydrogen-bond acceptors (Lipinski definition) is 5. The number of nitrogens with zero attached hydrogens (tertiary/aromatic N) is 5. The quantitative estimate of drug-likeness (QED) is 0.590. The average Bonchev–Trinajstić information content (AvgIpc) is 3.08. The van der Waals surface area contributed by atoms with Crippen LogP contribution in [0.2, 0.25) is 0 Å². The molecule has 0 unspecified atom stereocenters. The van der Waals surface area contributed by atoms with Crippen LogP contribution in [-0.4, -0.2) is 63.3 Å². The minimum Gasteiger partial charge on any atom is -0.494 e. The highest BCUT2D eigenvalue weighted by molar-refractivity contribution is 6.06. The Morgan fingerprint density at radius 3 is 2.44 bits per heavy atom. The normalized spacial score (nSPS) is 15.0. The average molecular weight is 436 g/mol. The fourth-order valence-electron chi connectivity index (χ4n) is 4.32. The van der Waals surface area contributed by atoms with Gasteiger partial charge in [0.15, 0.2) is 5.65 Å². The number of piperazine rings is 1. The highest BCUT2D eigenvalue weighted by Gasteiger charge is 2.26. The van der Waals surface area contributed by atoms with Gasteiger partial charge in [0.25, 0.3) is 5.91 Å². The van der Waals surface area contributed by atoms with Crippen molar-refractivity contribution in [2.75, 3.05) is 32.8 Å². The Hall–Kier alpha value is -2.93. The zero-order chi connectivity index (χ0) is 22.8. The molecule has 7 heteroatoms. The third-order valence-corrected chi connectivity index (χ3v) is 6.11. The molecule has 1 amide bonds. The maximum Gasteiger partial charge on any atom is 0.254 e. The molecule has 0 saturated carbocycles. The van der Waals surface area contributed by atoms with Gasteiger partial charge in [0.1, 0.15) is 5.75 Å². The fourth-order valence-corrected chi connectivity index (χ4v) is 4.32. The minimum atomic E-state index is 0.0797. The van der Waals surface area contributed by atoms with Crippen molar-refractivity contribution in [2.45, 2.75) is 40.2 Å². The topological polar surface area (TPSA) is 63.5 Å². The molecule has 3 heterocycles. The number of pyridine rings is 1. The van der Waals surface area contributed by atoms with Crippen molar-refractivity contribution in [3.63, 3.8) is 0 Å². The molecule has 1 aromatic carbocycles. The van der Waals surface area contributed by atoms with E-state index in [4.69, 9.17) is 9.72 Å². The lowest BCUT2D eigenvalue weighted by Gasteiger charge is -2.35. The first-order valence-corrected chi connectivity index (χ1v) is 11.4. The van der Waals surface area contributed by atoms with Gasteiger partial charge in [-0.3, -0.25) is 14.4 Å². The van der Waals surface area contributed by atoms with Crippen molar-refractivity contribution in [1.82, 2.24) is 24.6 Å². The Morgan fingerprint density at radius 2 is 1.81 bits per heavy atom. The van der Waals surface area contributed by atoms with E-state index < -0.39 is 0 Å². The molecule has 170 valence electrons. The van der Waals surface area contributed by atoms with Crippen LogP contribution in [0, 0.1) is 6.92 Å².